The van der Waals surface area contributed by atoms with E-state index in [2.05, 4.69) is 15.2 Å². The number of rotatable bonds is 2. The number of aromatic nitrogens is 5. The molecular formula is C8H11ClN6. The molecule has 0 saturated carbocycles. The summed E-state index contributed by atoms with van der Waals surface area (Å²) in [5.74, 6) is 0.255. The first kappa shape index (κ1) is 9.97. The zero-order chi connectivity index (χ0) is 11.0. The minimum absolute atomic E-state index is 0.255. The molecule has 0 aliphatic heterocycles. The van der Waals surface area contributed by atoms with Gasteiger partial charge in [-0.1, -0.05) is 11.6 Å². The predicted octanol–water partition coefficient (Wildman–Crippen LogP) is 0.604. The van der Waals surface area contributed by atoms with E-state index in [0.29, 0.717) is 11.6 Å². The van der Waals surface area contributed by atoms with Gasteiger partial charge in [-0.3, -0.25) is 4.68 Å². The highest BCUT2D eigenvalue weighted by Gasteiger charge is 2.11. The minimum atomic E-state index is 0.255. The molecule has 0 amide bonds. The van der Waals surface area contributed by atoms with Crippen LogP contribution in [-0.2, 0) is 13.6 Å². The van der Waals surface area contributed by atoms with Crippen molar-refractivity contribution in [2.24, 2.45) is 7.05 Å². The van der Waals surface area contributed by atoms with E-state index < -0.39 is 0 Å². The summed E-state index contributed by atoms with van der Waals surface area (Å²) < 4.78 is 3.35. The van der Waals surface area contributed by atoms with Gasteiger partial charge in [0, 0.05) is 7.05 Å². The molecule has 80 valence electrons. The maximum atomic E-state index is 6.09. The lowest BCUT2D eigenvalue weighted by atomic mass is 10.3. The van der Waals surface area contributed by atoms with Gasteiger partial charge in [-0.05, 0) is 6.92 Å². The van der Waals surface area contributed by atoms with Crippen molar-refractivity contribution in [1.82, 2.24) is 24.5 Å². The molecule has 2 heterocycles. The Hall–Kier alpha value is -1.56. The van der Waals surface area contributed by atoms with Gasteiger partial charge in [0.2, 0.25) is 5.95 Å². The van der Waals surface area contributed by atoms with E-state index in [0.717, 1.165) is 11.4 Å². The standard InChI is InChI=1S/C8H11ClN6/c1-5-7(9)6(14(2)12-5)3-15-4-11-8(10)13-15/h4H,3H2,1-2H3,(H2,10,13). The Morgan fingerprint density at radius 1 is 1.47 bits per heavy atom. The molecule has 0 spiro atoms. The van der Waals surface area contributed by atoms with Crippen molar-refractivity contribution in [3.05, 3.63) is 22.7 Å². The first-order valence-electron chi connectivity index (χ1n) is 4.41. The van der Waals surface area contributed by atoms with Crippen molar-refractivity contribution < 1.29 is 0 Å². The SMILES string of the molecule is Cc1nn(C)c(Cn2cnc(N)n2)c1Cl. The molecule has 2 N–H and O–H groups in total. The van der Waals surface area contributed by atoms with Crippen LogP contribution in [-0.4, -0.2) is 24.5 Å². The second kappa shape index (κ2) is 3.54. The van der Waals surface area contributed by atoms with Crippen LogP contribution < -0.4 is 5.73 Å². The average molecular weight is 227 g/mol. The van der Waals surface area contributed by atoms with Crippen LogP contribution in [0.3, 0.4) is 0 Å². The lowest BCUT2D eigenvalue weighted by Gasteiger charge is -2.01. The quantitative estimate of drug-likeness (QED) is 0.814. The van der Waals surface area contributed by atoms with Crippen LogP contribution in [0.25, 0.3) is 0 Å². The van der Waals surface area contributed by atoms with Crippen LogP contribution >= 0.6 is 11.6 Å². The van der Waals surface area contributed by atoms with Gasteiger partial charge < -0.3 is 5.73 Å². The van der Waals surface area contributed by atoms with Gasteiger partial charge in [0.15, 0.2) is 0 Å². The highest BCUT2D eigenvalue weighted by molar-refractivity contribution is 6.31. The van der Waals surface area contributed by atoms with Gasteiger partial charge in [-0.2, -0.15) is 5.10 Å². The molecule has 7 heteroatoms. The van der Waals surface area contributed by atoms with Crippen LogP contribution in [0.4, 0.5) is 5.95 Å². The van der Waals surface area contributed by atoms with E-state index in [1.54, 1.807) is 15.7 Å². The Bertz CT molecular complexity index is 485. The fraction of sp³-hybridized carbons (Fsp3) is 0.375. The van der Waals surface area contributed by atoms with Gasteiger partial charge in [0.1, 0.15) is 6.33 Å². The third-order valence-corrected chi connectivity index (χ3v) is 2.62. The highest BCUT2D eigenvalue weighted by Crippen LogP contribution is 2.19. The van der Waals surface area contributed by atoms with Crippen LogP contribution in [0.1, 0.15) is 11.4 Å². The zero-order valence-electron chi connectivity index (χ0n) is 8.48. The van der Waals surface area contributed by atoms with E-state index in [4.69, 9.17) is 17.3 Å². The number of nitrogens with two attached hydrogens (primary N) is 1. The summed E-state index contributed by atoms with van der Waals surface area (Å²) in [4.78, 5) is 3.84. The molecule has 0 radical (unpaired) electrons. The number of nitrogen functional groups attached to an aromatic ring is 1. The second-order valence-corrected chi connectivity index (χ2v) is 3.65. The highest BCUT2D eigenvalue weighted by atomic mass is 35.5. The van der Waals surface area contributed by atoms with Crippen molar-refractivity contribution >= 4 is 17.5 Å². The first-order chi connectivity index (χ1) is 7.08. The van der Waals surface area contributed by atoms with Crippen LogP contribution in [0.15, 0.2) is 6.33 Å². The summed E-state index contributed by atoms with van der Waals surface area (Å²) >= 11 is 6.09. The molecule has 2 rings (SSSR count). The molecule has 15 heavy (non-hydrogen) atoms. The fourth-order valence-corrected chi connectivity index (χ4v) is 1.61. The Morgan fingerprint density at radius 3 is 2.67 bits per heavy atom. The van der Waals surface area contributed by atoms with E-state index in [-0.39, 0.29) is 5.95 Å². The monoisotopic (exact) mass is 226 g/mol. The normalized spacial score (nSPS) is 10.9. The van der Waals surface area contributed by atoms with Crippen LogP contribution in [0, 0.1) is 6.92 Å². The Balaban J connectivity index is 2.31. The number of hydrogen-bond acceptors (Lipinski definition) is 4. The maximum absolute atomic E-state index is 6.09. The van der Waals surface area contributed by atoms with Crippen molar-refractivity contribution in [3.8, 4) is 0 Å². The van der Waals surface area contributed by atoms with Gasteiger partial charge in [-0.25, -0.2) is 9.67 Å². The third-order valence-electron chi connectivity index (χ3n) is 2.13. The summed E-state index contributed by atoms with van der Waals surface area (Å²) in [7, 11) is 1.84. The van der Waals surface area contributed by atoms with Gasteiger partial charge in [-0.15, -0.1) is 5.10 Å². The Kier molecular flexibility index (Phi) is 2.36. The van der Waals surface area contributed by atoms with Crippen molar-refractivity contribution in [3.63, 3.8) is 0 Å². The largest absolute Gasteiger partial charge is 0.367 e. The second-order valence-electron chi connectivity index (χ2n) is 3.27. The average Bonchev–Trinajstić information content (AvgIpc) is 2.67. The zero-order valence-corrected chi connectivity index (χ0v) is 9.23. The summed E-state index contributed by atoms with van der Waals surface area (Å²) in [5, 5.41) is 8.85. The Morgan fingerprint density at radius 2 is 2.20 bits per heavy atom. The molecule has 0 unspecified atom stereocenters. The predicted molar refractivity (Wildman–Crippen MR) is 56.5 cm³/mol. The smallest absolute Gasteiger partial charge is 0.239 e. The summed E-state index contributed by atoms with van der Waals surface area (Å²) in [6.07, 6.45) is 1.56. The molecule has 0 aromatic carbocycles. The van der Waals surface area contributed by atoms with Crippen LogP contribution in [0.5, 0.6) is 0 Å². The first-order valence-corrected chi connectivity index (χ1v) is 4.78. The molecule has 2 aromatic heterocycles. The number of aryl methyl sites for hydroxylation is 2. The number of halogens is 1. The third kappa shape index (κ3) is 1.80. The topological polar surface area (TPSA) is 74.5 Å². The van der Waals surface area contributed by atoms with Crippen molar-refractivity contribution in [1.29, 1.82) is 0 Å². The lowest BCUT2D eigenvalue weighted by Crippen LogP contribution is -2.06. The summed E-state index contributed by atoms with van der Waals surface area (Å²) in [6.45, 7) is 2.38. The lowest BCUT2D eigenvalue weighted by molar-refractivity contribution is 0.619. The molecule has 2 aromatic rings. The minimum Gasteiger partial charge on any atom is -0.367 e. The van der Waals surface area contributed by atoms with E-state index >= 15 is 0 Å². The summed E-state index contributed by atoms with van der Waals surface area (Å²) in [5.41, 5.74) is 7.11. The molecule has 6 nitrogen and oxygen atoms in total. The fourth-order valence-electron chi connectivity index (χ4n) is 1.39. The van der Waals surface area contributed by atoms with Gasteiger partial charge in [0.25, 0.3) is 0 Å². The molecule has 0 aliphatic rings. The van der Waals surface area contributed by atoms with Gasteiger partial charge >= 0.3 is 0 Å². The molecule has 0 fully saturated rings. The molecule has 0 atom stereocenters. The van der Waals surface area contributed by atoms with Crippen molar-refractivity contribution in [2.75, 3.05) is 5.73 Å². The molecule has 0 aliphatic carbocycles. The van der Waals surface area contributed by atoms with E-state index in [1.165, 1.54) is 0 Å². The molecule has 0 saturated heterocycles. The van der Waals surface area contributed by atoms with Gasteiger partial charge in [0.05, 0.1) is 23.0 Å². The summed E-state index contributed by atoms with van der Waals surface area (Å²) in [6, 6.07) is 0. The van der Waals surface area contributed by atoms with E-state index in [1.807, 2.05) is 14.0 Å². The van der Waals surface area contributed by atoms with Crippen molar-refractivity contribution in [2.45, 2.75) is 13.5 Å². The number of anilines is 1. The number of nitrogens with zero attached hydrogens (tertiary/aromatic N) is 5. The van der Waals surface area contributed by atoms with Crippen LogP contribution in [0.2, 0.25) is 5.02 Å². The van der Waals surface area contributed by atoms with E-state index in [9.17, 15) is 0 Å². The number of hydrogen-bond donors (Lipinski definition) is 1. The Labute approximate surface area is 91.7 Å². The maximum Gasteiger partial charge on any atom is 0.239 e. The molecular weight excluding hydrogens is 216 g/mol. The molecule has 0 bridgehead atoms.